The van der Waals surface area contributed by atoms with Gasteiger partial charge in [0, 0.05) is 15.6 Å². The second-order valence-electron chi connectivity index (χ2n) is 6.27. The molecule has 4 rings (SSSR count). The molecule has 0 bridgehead atoms. The molecule has 3 aromatic carbocycles. The molecule has 0 saturated heterocycles. The highest BCUT2D eigenvalue weighted by Crippen LogP contribution is 2.35. The van der Waals surface area contributed by atoms with E-state index >= 15 is 0 Å². The Morgan fingerprint density at radius 3 is 2.53 bits per heavy atom. The van der Waals surface area contributed by atoms with Crippen molar-refractivity contribution in [2.24, 2.45) is 5.10 Å². The fraction of sp³-hybridized carbons (Fsp3) is 0. The van der Waals surface area contributed by atoms with E-state index < -0.39 is 5.97 Å². The molecule has 0 saturated carbocycles. The van der Waals surface area contributed by atoms with Gasteiger partial charge < -0.3 is 4.74 Å². The number of rotatable bonds is 5. The first kappa shape index (κ1) is 19.8. The first-order valence-electron chi connectivity index (χ1n) is 8.99. The van der Waals surface area contributed by atoms with E-state index in [1.807, 2.05) is 30.3 Å². The van der Waals surface area contributed by atoms with Crippen LogP contribution in [0.4, 0.5) is 0 Å². The summed E-state index contributed by atoms with van der Waals surface area (Å²) in [6, 6.07) is 23.1. The van der Waals surface area contributed by atoms with Gasteiger partial charge >= 0.3 is 5.97 Å². The third-order valence-electron chi connectivity index (χ3n) is 4.20. The molecule has 0 unspecified atom stereocenters. The largest absolute Gasteiger partial charge is 0.422 e. The average molecular weight is 435 g/mol. The van der Waals surface area contributed by atoms with E-state index in [-0.39, 0.29) is 5.91 Å². The minimum Gasteiger partial charge on any atom is -0.422 e. The van der Waals surface area contributed by atoms with Crippen LogP contribution in [0.15, 0.2) is 84.0 Å². The monoisotopic (exact) mass is 434 g/mol. The predicted molar refractivity (Wildman–Crippen MR) is 120 cm³/mol. The Labute approximate surface area is 181 Å². The summed E-state index contributed by atoms with van der Waals surface area (Å²) < 4.78 is 6.41. The van der Waals surface area contributed by atoms with Crippen LogP contribution in [0, 0.1) is 0 Å². The van der Waals surface area contributed by atoms with E-state index in [1.165, 1.54) is 17.6 Å². The van der Waals surface area contributed by atoms with Crippen molar-refractivity contribution >= 4 is 51.1 Å². The van der Waals surface area contributed by atoms with E-state index in [0.717, 1.165) is 10.1 Å². The van der Waals surface area contributed by atoms with Crippen LogP contribution in [-0.4, -0.2) is 18.1 Å². The summed E-state index contributed by atoms with van der Waals surface area (Å²) in [5.41, 5.74) is 3.64. The maximum absolute atomic E-state index is 12.6. The first-order valence-corrected chi connectivity index (χ1v) is 10.2. The number of fused-ring (bicyclic) bond motifs is 1. The smallest absolute Gasteiger partial charge is 0.355 e. The number of hydrogen-bond acceptors (Lipinski definition) is 5. The van der Waals surface area contributed by atoms with E-state index in [4.69, 9.17) is 16.3 Å². The number of carbonyl (C=O) groups excluding carboxylic acids is 2. The Morgan fingerprint density at radius 2 is 1.73 bits per heavy atom. The number of nitrogens with one attached hydrogen (secondary N) is 1. The Hall–Kier alpha value is -3.48. The molecule has 1 heterocycles. The third kappa shape index (κ3) is 4.40. The van der Waals surface area contributed by atoms with Crippen LogP contribution in [0.3, 0.4) is 0 Å². The summed E-state index contributed by atoms with van der Waals surface area (Å²) in [7, 11) is 0. The molecule has 1 N–H and O–H groups in total. The van der Waals surface area contributed by atoms with Gasteiger partial charge in [0.15, 0.2) is 0 Å². The second kappa shape index (κ2) is 8.90. The van der Waals surface area contributed by atoms with Crippen molar-refractivity contribution in [3.63, 3.8) is 0 Å². The SMILES string of the molecule is O=C(N/N=C\c1cccc(OC(=O)c2sc3ccccc3c2Cl)c1)c1ccccc1. The topological polar surface area (TPSA) is 67.8 Å². The molecule has 0 radical (unpaired) electrons. The molecular weight excluding hydrogens is 420 g/mol. The van der Waals surface area contributed by atoms with E-state index in [2.05, 4.69) is 10.5 Å². The normalized spacial score (nSPS) is 11.0. The van der Waals surface area contributed by atoms with Gasteiger partial charge in [-0.2, -0.15) is 5.10 Å². The van der Waals surface area contributed by atoms with Gasteiger partial charge in [-0.15, -0.1) is 11.3 Å². The zero-order valence-electron chi connectivity index (χ0n) is 15.5. The van der Waals surface area contributed by atoms with Crippen molar-refractivity contribution in [2.45, 2.75) is 0 Å². The number of hydrazone groups is 1. The summed E-state index contributed by atoms with van der Waals surface area (Å²) >= 11 is 7.64. The summed E-state index contributed by atoms with van der Waals surface area (Å²) in [6.07, 6.45) is 1.48. The van der Waals surface area contributed by atoms with Crippen molar-refractivity contribution in [1.29, 1.82) is 0 Å². The van der Waals surface area contributed by atoms with Crippen LogP contribution < -0.4 is 10.2 Å². The molecular formula is C23H15ClN2O3S. The van der Waals surface area contributed by atoms with Gasteiger partial charge in [-0.25, -0.2) is 10.2 Å². The maximum atomic E-state index is 12.6. The van der Waals surface area contributed by atoms with Crippen molar-refractivity contribution in [3.05, 3.63) is 99.9 Å². The minimum absolute atomic E-state index is 0.311. The molecule has 7 heteroatoms. The molecule has 5 nitrogen and oxygen atoms in total. The number of nitrogens with zero attached hydrogens (tertiary/aromatic N) is 1. The summed E-state index contributed by atoms with van der Waals surface area (Å²) in [6.45, 7) is 0. The average Bonchev–Trinajstić information content (AvgIpc) is 3.11. The number of carbonyl (C=O) groups is 2. The van der Waals surface area contributed by atoms with Gasteiger partial charge in [0.25, 0.3) is 5.91 Å². The number of hydrogen-bond donors (Lipinski definition) is 1. The Bertz CT molecular complexity index is 1250. The number of benzene rings is 3. The van der Waals surface area contributed by atoms with E-state index in [9.17, 15) is 9.59 Å². The zero-order chi connectivity index (χ0) is 20.9. The minimum atomic E-state index is -0.521. The van der Waals surface area contributed by atoms with E-state index in [1.54, 1.807) is 48.5 Å². The third-order valence-corrected chi connectivity index (χ3v) is 5.86. The summed E-state index contributed by atoms with van der Waals surface area (Å²) in [5.74, 6) is -0.478. The van der Waals surface area contributed by atoms with Crippen LogP contribution >= 0.6 is 22.9 Å². The Morgan fingerprint density at radius 1 is 0.967 bits per heavy atom. The van der Waals surface area contributed by atoms with Crippen molar-refractivity contribution in [3.8, 4) is 5.75 Å². The molecule has 30 heavy (non-hydrogen) atoms. The van der Waals surface area contributed by atoms with Crippen LogP contribution in [0.5, 0.6) is 5.75 Å². The number of thiophene rings is 1. The highest BCUT2D eigenvalue weighted by atomic mass is 35.5. The zero-order valence-corrected chi connectivity index (χ0v) is 17.1. The first-order chi connectivity index (χ1) is 14.6. The molecule has 0 aliphatic heterocycles. The van der Waals surface area contributed by atoms with Crippen molar-refractivity contribution < 1.29 is 14.3 Å². The second-order valence-corrected chi connectivity index (χ2v) is 7.70. The standard InChI is InChI=1S/C23H15ClN2O3S/c24-20-18-11-4-5-12-19(18)30-21(20)23(28)29-17-10-6-7-15(13-17)14-25-26-22(27)16-8-2-1-3-9-16/h1-14H,(H,26,27)/b25-14-. The lowest BCUT2D eigenvalue weighted by molar-refractivity contribution is 0.0740. The number of ether oxygens (including phenoxy) is 1. The van der Waals surface area contributed by atoms with Gasteiger partial charge in [0.2, 0.25) is 0 Å². The number of esters is 1. The molecule has 0 atom stereocenters. The fourth-order valence-electron chi connectivity index (χ4n) is 2.78. The Balaban J connectivity index is 1.44. The van der Waals surface area contributed by atoms with Gasteiger partial charge in [-0.05, 0) is 35.9 Å². The molecule has 0 aliphatic carbocycles. The van der Waals surface area contributed by atoms with Crippen LogP contribution in [0.2, 0.25) is 5.02 Å². The van der Waals surface area contributed by atoms with Gasteiger partial charge in [-0.1, -0.05) is 60.1 Å². The molecule has 0 aliphatic rings. The highest BCUT2D eigenvalue weighted by molar-refractivity contribution is 7.21. The van der Waals surface area contributed by atoms with Crippen LogP contribution in [0.25, 0.3) is 10.1 Å². The molecule has 0 spiro atoms. The molecule has 4 aromatic rings. The molecule has 148 valence electrons. The molecule has 0 fully saturated rings. The summed E-state index contributed by atoms with van der Waals surface area (Å²) in [4.78, 5) is 24.9. The predicted octanol–water partition coefficient (Wildman–Crippen LogP) is 5.54. The Kier molecular flexibility index (Phi) is 5.88. The quantitative estimate of drug-likeness (QED) is 0.194. The van der Waals surface area contributed by atoms with Gasteiger partial charge in [0.05, 0.1) is 11.2 Å². The van der Waals surface area contributed by atoms with Gasteiger partial charge in [-0.3, -0.25) is 4.79 Å². The lowest BCUT2D eigenvalue weighted by Crippen LogP contribution is -2.17. The fourth-order valence-corrected chi connectivity index (χ4v) is 4.16. The highest BCUT2D eigenvalue weighted by Gasteiger charge is 2.19. The van der Waals surface area contributed by atoms with Crippen LogP contribution in [-0.2, 0) is 0 Å². The summed E-state index contributed by atoms with van der Waals surface area (Å²) in [5, 5.41) is 5.17. The van der Waals surface area contributed by atoms with Gasteiger partial charge in [0.1, 0.15) is 10.6 Å². The maximum Gasteiger partial charge on any atom is 0.355 e. The lowest BCUT2D eigenvalue weighted by atomic mass is 10.2. The number of halogens is 1. The molecule has 1 amide bonds. The van der Waals surface area contributed by atoms with Crippen LogP contribution in [0.1, 0.15) is 25.6 Å². The van der Waals surface area contributed by atoms with Crippen molar-refractivity contribution in [1.82, 2.24) is 5.43 Å². The lowest BCUT2D eigenvalue weighted by Gasteiger charge is -2.04. The molecule has 1 aromatic heterocycles. The number of amides is 1. The van der Waals surface area contributed by atoms with Crippen molar-refractivity contribution in [2.75, 3.05) is 0 Å². The van der Waals surface area contributed by atoms with E-state index in [0.29, 0.717) is 26.8 Å².